The summed E-state index contributed by atoms with van der Waals surface area (Å²) < 4.78 is 74.6. The van der Waals surface area contributed by atoms with E-state index in [1.54, 1.807) is 0 Å². The third-order valence-corrected chi connectivity index (χ3v) is 4.17. The van der Waals surface area contributed by atoms with Crippen LogP contribution in [0.1, 0.15) is 25.7 Å². The molecule has 0 radical (unpaired) electrons. The van der Waals surface area contributed by atoms with Crippen LogP contribution in [0.2, 0.25) is 0 Å². The van der Waals surface area contributed by atoms with Crippen LogP contribution in [0.3, 0.4) is 0 Å². The summed E-state index contributed by atoms with van der Waals surface area (Å²) in [5.41, 5.74) is 0. The largest absolute Gasteiger partial charge is 0.491 e. The number of halogens is 5. The lowest BCUT2D eigenvalue weighted by Gasteiger charge is -2.36. The van der Waals surface area contributed by atoms with Gasteiger partial charge in [0.1, 0.15) is 0 Å². The van der Waals surface area contributed by atoms with Crippen LogP contribution in [0.4, 0.5) is 22.0 Å². The zero-order valence-corrected chi connectivity index (χ0v) is 12.2. The minimum absolute atomic E-state index is 0.0454. The van der Waals surface area contributed by atoms with Crippen molar-refractivity contribution < 1.29 is 41.0 Å². The summed E-state index contributed by atoms with van der Waals surface area (Å²) in [6.45, 7) is -1.43. The molecule has 4 nitrogen and oxygen atoms in total. The Morgan fingerprint density at radius 1 is 1.00 bits per heavy atom. The quantitative estimate of drug-likeness (QED) is 0.579. The van der Waals surface area contributed by atoms with Crippen LogP contribution in [0.15, 0.2) is 12.2 Å². The first kappa shape index (κ1) is 18.1. The highest BCUT2D eigenvalue weighted by Gasteiger charge is 2.43. The first-order valence-electron chi connectivity index (χ1n) is 7.29. The molecule has 0 unspecified atom stereocenters. The topological polar surface area (TPSA) is 44.8 Å². The number of hydrogen-bond acceptors (Lipinski definition) is 4. The highest BCUT2D eigenvalue weighted by molar-refractivity contribution is 5.75. The molecule has 1 aliphatic heterocycles. The molecule has 0 N–H and O–H groups in total. The average molecular weight is 344 g/mol. The van der Waals surface area contributed by atoms with E-state index in [9.17, 15) is 26.7 Å². The van der Waals surface area contributed by atoms with Crippen molar-refractivity contribution in [2.75, 3.05) is 13.2 Å². The minimum Gasteiger partial charge on any atom is -0.404 e. The summed E-state index contributed by atoms with van der Waals surface area (Å²) in [6.07, 6.45) is -3.10. The van der Waals surface area contributed by atoms with Gasteiger partial charge in [-0.3, -0.25) is 0 Å². The summed E-state index contributed by atoms with van der Waals surface area (Å²) in [5, 5.41) is 0. The van der Waals surface area contributed by atoms with E-state index in [4.69, 9.17) is 9.47 Å². The van der Waals surface area contributed by atoms with E-state index in [2.05, 4.69) is 4.74 Å². The Morgan fingerprint density at radius 2 is 1.57 bits per heavy atom. The lowest BCUT2D eigenvalue weighted by atomic mass is 9.76. The zero-order valence-electron chi connectivity index (χ0n) is 12.2. The summed E-state index contributed by atoms with van der Waals surface area (Å²) in [5.74, 6) is -2.35. The molecular weight excluding hydrogens is 327 g/mol. The van der Waals surface area contributed by atoms with Crippen molar-refractivity contribution >= 4 is 5.97 Å². The van der Waals surface area contributed by atoms with Gasteiger partial charge in [0.2, 0.25) is 0 Å². The van der Waals surface area contributed by atoms with E-state index in [-0.39, 0.29) is 31.0 Å². The molecule has 0 spiro atoms. The van der Waals surface area contributed by atoms with Crippen LogP contribution in [-0.4, -0.2) is 31.8 Å². The first-order chi connectivity index (χ1) is 10.8. The van der Waals surface area contributed by atoms with Gasteiger partial charge >= 0.3 is 18.6 Å². The summed E-state index contributed by atoms with van der Waals surface area (Å²) in [4.78, 5) is 10.7. The fourth-order valence-corrected chi connectivity index (χ4v) is 2.96. The standard InChI is InChI=1S/C14H17F5O4/c15-11(16)5-8-1-3-9(4-2-8)10-6-21-13(22-7-10)23-12(20)14(17,18)19/h5,8-10,13H,1-4,6-7H2. The van der Waals surface area contributed by atoms with Gasteiger partial charge in [-0.05, 0) is 43.6 Å². The molecule has 2 aliphatic rings. The Kier molecular flexibility index (Phi) is 5.96. The van der Waals surface area contributed by atoms with Gasteiger partial charge in [-0.25, -0.2) is 4.79 Å². The molecule has 1 saturated carbocycles. The van der Waals surface area contributed by atoms with Crippen LogP contribution in [0, 0.1) is 17.8 Å². The molecule has 2 fully saturated rings. The summed E-state index contributed by atoms with van der Waals surface area (Å²) in [6, 6.07) is 0. The number of ether oxygens (including phenoxy) is 3. The second-order valence-corrected chi connectivity index (χ2v) is 5.75. The van der Waals surface area contributed by atoms with Gasteiger partial charge in [-0.1, -0.05) is 0 Å². The van der Waals surface area contributed by atoms with Crippen LogP contribution in [-0.2, 0) is 19.0 Å². The second kappa shape index (κ2) is 7.57. The smallest absolute Gasteiger partial charge is 0.404 e. The molecule has 0 aromatic carbocycles. The SMILES string of the molecule is O=C(OC1OCC(C2CCC(C=C(F)F)CC2)CO1)C(F)(F)F. The highest BCUT2D eigenvalue weighted by atomic mass is 19.4. The molecule has 0 amide bonds. The van der Waals surface area contributed by atoms with Gasteiger partial charge in [0, 0.05) is 5.92 Å². The molecule has 1 heterocycles. The van der Waals surface area contributed by atoms with E-state index in [1.165, 1.54) is 0 Å². The Bertz CT molecular complexity index is 431. The van der Waals surface area contributed by atoms with E-state index in [0.717, 1.165) is 18.9 Å². The molecule has 1 saturated heterocycles. The van der Waals surface area contributed by atoms with Crippen molar-refractivity contribution in [3.63, 3.8) is 0 Å². The molecule has 0 aromatic rings. The monoisotopic (exact) mass is 344 g/mol. The minimum atomic E-state index is -5.10. The molecule has 0 aromatic heterocycles. The highest BCUT2D eigenvalue weighted by Crippen LogP contribution is 2.36. The van der Waals surface area contributed by atoms with Crippen LogP contribution in [0.25, 0.3) is 0 Å². The summed E-state index contributed by atoms with van der Waals surface area (Å²) >= 11 is 0. The number of rotatable bonds is 3. The van der Waals surface area contributed by atoms with E-state index in [1.807, 2.05) is 0 Å². The van der Waals surface area contributed by atoms with Crippen molar-refractivity contribution in [3.05, 3.63) is 12.2 Å². The number of hydrogen-bond donors (Lipinski definition) is 0. The Labute approximate surface area is 129 Å². The lowest BCUT2D eigenvalue weighted by molar-refractivity contribution is -0.324. The Balaban J connectivity index is 1.73. The maximum Gasteiger partial charge on any atom is 0.491 e. The number of carbonyl (C=O) groups excluding carboxylic acids is 1. The number of allylic oxidation sites excluding steroid dienone is 1. The third kappa shape index (κ3) is 5.42. The van der Waals surface area contributed by atoms with Crippen LogP contribution >= 0.6 is 0 Å². The molecule has 1 aliphatic carbocycles. The van der Waals surface area contributed by atoms with Crippen molar-refractivity contribution in [1.82, 2.24) is 0 Å². The van der Waals surface area contributed by atoms with Crippen molar-refractivity contribution in [3.8, 4) is 0 Å². The molecular formula is C14H17F5O4. The number of esters is 1. The Hall–Kier alpha value is -1.22. The van der Waals surface area contributed by atoms with Crippen molar-refractivity contribution in [2.45, 2.75) is 38.3 Å². The Morgan fingerprint density at radius 3 is 2.04 bits per heavy atom. The van der Waals surface area contributed by atoms with Crippen molar-refractivity contribution in [1.29, 1.82) is 0 Å². The number of alkyl halides is 3. The van der Waals surface area contributed by atoms with Crippen LogP contribution < -0.4 is 0 Å². The zero-order chi connectivity index (χ0) is 17.0. The van der Waals surface area contributed by atoms with Gasteiger partial charge in [0.15, 0.2) is 0 Å². The summed E-state index contributed by atoms with van der Waals surface area (Å²) in [7, 11) is 0. The molecule has 9 heteroatoms. The van der Waals surface area contributed by atoms with Crippen molar-refractivity contribution in [2.24, 2.45) is 17.8 Å². The fraction of sp³-hybridized carbons (Fsp3) is 0.786. The molecule has 2 rings (SSSR count). The van der Waals surface area contributed by atoms with Gasteiger partial charge in [-0.15, -0.1) is 0 Å². The van der Waals surface area contributed by atoms with E-state index >= 15 is 0 Å². The predicted octanol–water partition coefficient (Wildman–Crippen LogP) is 3.63. The van der Waals surface area contributed by atoms with E-state index in [0.29, 0.717) is 12.8 Å². The second-order valence-electron chi connectivity index (χ2n) is 5.75. The normalized spacial score (nSPS) is 32.2. The predicted molar refractivity (Wildman–Crippen MR) is 67.1 cm³/mol. The maximum absolute atomic E-state index is 12.2. The number of carbonyl (C=O) groups is 1. The van der Waals surface area contributed by atoms with Gasteiger partial charge in [0.05, 0.1) is 13.2 Å². The molecule has 0 atom stereocenters. The van der Waals surface area contributed by atoms with Gasteiger partial charge in [-0.2, -0.15) is 22.0 Å². The first-order valence-corrected chi connectivity index (χ1v) is 7.29. The van der Waals surface area contributed by atoms with Gasteiger partial charge in [0.25, 0.3) is 6.08 Å². The average Bonchev–Trinajstić information content (AvgIpc) is 2.47. The lowest BCUT2D eigenvalue weighted by Crippen LogP contribution is -2.41. The molecule has 0 bridgehead atoms. The van der Waals surface area contributed by atoms with Crippen LogP contribution in [0.5, 0.6) is 0 Å². The van der Waals surface area contributed by atoms with Gasteiger partial charge < -0.3 is 14.2 Å². The maximum atomic E-state index is 12.2. The fourth-order valence-electron chi connectivity index (χ4n) is 2.96. The van der Waals surface area contributed by atoms with E-state index < -0.39 is 24.7 Å². The molecule has 132 valence electrons. The molecule has 23 heavy (non-hydrogen) atoms. The third-order valence-electron chi connectivity index (χ3n) is 4.17.